The Morgan fingerprint density at radius 2 is 1.83 bits per heavy atom. The first kappa shape index (κ1) is 15.2. The number of carbonyl (C=O) groups is 2. The summed E-state index contributed by atoms with van der Waals surface area (Å²) in [5.74, 6) is -1.81. The number of benzene rings is 2. The Morgan fingerprint density at radius 3 is 2.61 bits per heavy atom. The highest BCUT2D eigenvalue weighted by Gasteiger charge is 2.30. The van der Waals surface area contributed by atoms with Crippen molar-refractivity contribution < 1.29 is 18.7 Å². The van der Waals surface area contributed by atoms with E-state index >= 15 is 0 Å². The second-order valence-electron chi connectivity index (χ2n) is 5.40. The molecule has 0 bridgehead atoms. The molecule has 2 aromatic carbocycles. The lowest BCUT2D eigenvalue weighted by atomic mass is 10.2. The number of amides is 1. The third-order valence-electron chi connectivity index (χ3n) is 3.88. The summed E-state index contributed by atoms with van der Waals surface area (Å²) in [6.45, 7) is 2.06. The van der Waals surface area contributed by atoms with Crippen molar-refractivity contribution in [1.82, 2.24) is 0 Å². The quantitative estimate of drug-likeness (QED) is 0.819. The lowest BCUT2D eigenvalue weighted by Crippen LogP contribution is -2.39. The molecular formula is C18H16FNO3. The number of hydrogen-bond acceptors (Lipinski definition) is 3. The van der Waals surface area contributed by atoms with E-state index in [1.54, 1.807) is 11.0 Å². The summed E-state index contributed by atoms with van der Waals surface area (Å²) < 4.78 is 18.7. The molecule has 0 radical (unpaired) electrons. The van der Waals surface area contributed by atoms with E-state index in [9.17, 15) is 14.0 Å². The van der Waals surface area contributed by atoms with Crippen molar-refractivity contribution in [2.45, 2.75) is 19.4 Å². The number of hydrogen-bond donors (Lipinski definition) is 0. The highest BCUT2D eigenvalue weighted by Crippen LogP contribution is 2.28. The molecule has 2 aromatic rings. The number of carbonyl (C=O) groups excluding carboxylic acids is 2. The van der Waals surface area contributed by atoms with Gasteiger partial charge in [-0.05, 0) is 37.1 Å². The first-order valence-corrected chi connectivity index (χ1v) is 7.42. The second kappa shape index (κ2) is 6.20. The standard InChI is InChI=1S/C18H16FNO3/c1-12(23-18(22)14-7-3-4-8-15(14)19)17(21)20-11-10-13-6-2-5-9-16(13)20/h2-9,12H,10-11H2,1H3/t12-/m0/s1. The number of nitrogens with zero attached hydrogens (tertiary/aromatic N) is 1. The van der Waals surface area contributed by atoms with Crippen LogP contribution in [0.4, 0.5) is 10.1 Å². The molecule has 1 aliphatic heterocycles. The van der Waals surface area contributed by atoms with Crippen LogP contribution in [-0.2, 0) is 16.0 Å². The first-order valence-electron chi connectivity index (χ1n) is 7.42. The Balaban J connectivity index is 1.72. The van der Waals surface area contributed by atoms with E-state index in [0.717, 1.165) is 17.7 Å². The van der Waals surface area contributed by atoms with Crippen molar-refractivity contribution in [1.29, 1.82) is 0 Å². The maximum Gasteiger partial charge on any atom is 0.341 e. The fourth-order valence-corrected chi connectivity index (χ4v) is 2.69. The molecule has 1 atom stereocenters. The summed E-state index contributed by atoms with van der Waals surface area (Å²) >= 11 is 0. The van der Waals surface area contributed by atoms with Gasteiger partial charge in [-0.25, -0.2) is 9.18 Å². The Morgan fingerprint density at radius 1 is 1.13 bits per heavy atom. The smallest absolute Gasteiger partial charge is 0.341 e. The molecule has 0 aliphatic carbocycles. The second-order valence-corrected chi connectivity index (χ2v) is 5.40. The third-order valence-corrected chi connectivity index (χ3v) is 3.88. The normalized spacial score (nSPS) is 14.3. The molecule has 118 valence electrons. The minimum atomic E-state index is -0.978. The third kappa shape index (κ3) is 2.95. The molecule has 1 heterocycles. The van der Waals surface area contributed by atoms with E-state index in [0.29, 0.717) is 6.54 Å². The van der Waals surface area contributed by atoms with Crippen LogP contribution in [0.5, 0.6) is 0 Å². The molecule has 0 unspecified atom stereocenters. The minimum absolute atomic E-state index is 0.172. The average molecular weight is 313 g/mol. The van der Waals surface area contributed by atoms with Gasteiger partial charge < -0.3 is 9.64 Å². The number of rotatable bonds is 3. The SMILES string of the molecule is C[C@H](OC(=O)c1ccccc1F)C(=O)N1CCc2ccccc21. The summed E-state index contributed by atoms with van der Waals surface area (Å²) in [6.07, 6.45) is -0.205. The van der Waals surface area contributed by atoms with Gasteiger partial charge in [0.05, 0.1) is 5.56 Å². The van der Waals surface area contributed by atoms with Crippen LogP contribution in [0.1, 0.15) is 22.8 Å². The zero-order chi connectivity index (χ0) is 16.4. The van der Waals surface area contributed by atoms with Crippen molar-refractivity contribution in [3.63, 3.8) is 0 Å². The fraction of sp³-hybridized carbons (Fsp3) is 0.222. The summed E-state index contributed by atoms with van der Waals surface area (Å²) in [7, 11) is 0. The van der Waals surface area contributed by atoms with E-state index < -0.39 is 17.9 Å². The number of ether oxygens (including phenoxy) is 1. The van der Waals surface area contributed by atoms with Gasteiger partial charge in [-0.3, -0.25) is 4.79 Å². The molecule has 5 heteroatoms. The van der Waals surface area contributed by atoms with E-state index in [-0.39, 0.29) is 11.5 Å². The summed E-state index contributed by atoms with van der Waals surface area (Å²) in [6, 6.07) is 13.2. The molecule has 0 fully saturated rings. The van der Waals surface area contributed by atoms with Gasteiger partial charge in [0.25, 0.3) is 5.91 Å². The van der Waals surface area contributed by atoms with Crippen molar-refractivity contribution in [3.8, 4) is 0 Å². The Bertz CT molecular complexity index is 759. The molecule has 4 nitrogen and oxygen atoms in total. The van der Waals surface area contributed by atoms with Crippen LogP contribution in [0, 0.1) is 5.82 Å². The lowest BCUT2D eigenvalue weighted by Gasteiger charge is -2.21. The highest BCUT2D eigenvalue weighted by molar-refractivity contribution is 6.00. The molecular weight excluding hydrogens is 297 g/mol. The van der Waals surface area contributed by atoms with Crippen molar-refractivity contribution in [3.05, 3.63) is 65.5 Å². The predicted molar refractivity (Wildman–Crippen MR) is 83.8 cm³/mol. The van der Waals surface area contributed by atoms with Gasteiger partial charge in [0.15, 0.2) is 6.10 Å². The maximum absolute atomic E-state index is 13.6. The van der Waals surface area contributed by atoms with Crippen molar-refractivity contribution in [2.75, 3.05) is 11.4 Å². The summed E-state index contributed by atoms with van der Waals surface area (Å²) in [4.78, 5) is 26.1. The molecule has 3 rings (SSSR count). The topological polar surface area (TPSA) is 46.6 Å². The number of para-hydroxylation sites is 1. The van der Waals surface area contributed by atoms with Gasteiger partial charge in [0, 0.05) is 12.2 Å². The van der Waals surface area contributed by atoms with E-state index in [2.05, 4.69) is 0 Å². The van der Waals surface area contributed by atoms with Gasteiger partial charge >= 0.3 is 5.97 Å². The highest BCUT2D eigenvalue weighted by atomic mass is 19.1. The van der Waals surface area contributed by atoms with E-state index in [1.165, 1.54) is 25.1 Å². The molecule has 0 N–H and O–H groups in total. The van der Waals surface area contributed by atoms with Crippen molar-refractivity contribution >= 4 is 17.6 Å². The zero-order valence-corrected chi connectivity index (χ0v) is 12.7. The maximum atomic E-state index is 13.6. The van der Waals surface area contributed by atoms with Crippen LogP contribution in [0.15, 0.2) is 48.5 Å². The molecule has 1 aliphatic rings. The van der Waals surface area contributed by atoms with Crippen LogP contribution in [0.25, 0.3) is 0 Å². The van der Waals surface area contributed by atoms with Crippen LogP contribution < -0.4 is 4.90 Å². The van der Waals surface area contributed by atoms with Gasteiger partial charge in [-0.15, -0.1) is 0 Å². The average Bonchev–Trinajstić information content (AvgIpc) is 2.98. The Labute approximate surface area is 133 Å². The van der Waals surface area contributed by atoms with Crippen LogP contribution >= 0.6 is 0 Å². The van der Waals surface area contributed by atoms with Gasteiger partial charge in [-0.2, -0.15) is 0 Å². The van der Waals surface area contributed by atoms with E-state index in [4.69, 9.17) is 4.74 Å². The largest absolute Gasteiger partial charge is 0.449 e. The molecule has 0 saturated heterocycles. The number of halogens is 1. The van der Waals surface area contributed by atoms with Crippen LogP contribution in [-0.4, -0.2) is 24.5 Å². The van der Waals surface area contributed by atoms with Crippen molar-refractivity contribution in [2.24, 2.45) is 0 Å². The fourth-order valence-electron chi connectivity index (χ4n) is 2.69. The Hall–Kier alpha value is -2.69. The van der Waals surface area contributed by atoms with Gasteiger partial charge in [0.2, 0.25) is 0 Å². The first-order chi connectivity index (χ1) is 11.1. The molecule has 0 spiro atoms. The molecule has 0 aromatic heterocycles. The minimum Gasteiger partial charge on any atom is -0.449 e. The van der Waals surface area contributed by atoms with Gasteiger partial charge in [0.1, 0.15) is 5.82 Å². The van der Waals surface area contributed by atoms with Crippen LogP contribution in [0.2, 0.25) is 0 Å². The zero-order valence-electron chi connectivity index (χ0n) is 12.7. The summed E-state index contributed by atoms with van der Waals surface area (Å²) in [5, 5.41) is 0. The number of fused-ring (bicyclic) bond motifs is 1. The molecule has 0 saturated carbocycles. The number of esters is 1. The Kier molecular flexibility index (Phi) is 4.10. The molecule has 1 amide bonds. The summed E-state index contributed by atoms with van der Waals surface area (Å²) in [5.41, 5.74) is 1.76. The lowest BCUT2D eigenvalue weighted by molar-refractivity contribution is -0.126. The predicted octanol–water partition coefficient (Wildman–Crippen LogP) is 2.96. The van der Waals surface area contributed by atoms with Gasteiger partial charge in [-0.1, -0.05) is 30.3 Å². The monoisotopic (exact) mass is 313 g/mol. The van der Waals surface area contributed by atoms with E-state index in [1.807, 2.05) is 24.3 Å². The number of anilines is 1. The molecule has 23 heavy (non-hydrogen) atoms. The van der Waals surface area contributed by atoms with Crippen LogP contribution in [0.3, 0.4) is 0 Å².